The lowest BCUT2D eigenvalue weighted by atomic mass is 10.1. The van der Waals surface area contributed by atoms with Gasteiger partial charge in [0.1, 0.15) is 6.17 Å². The third-order valence-electron chi connectivity index (χ3n) is 4.32. The SMILES string of the molecule is CC1CC1CN1C(=O)CNC1c1cccc(C(F)(F)F)c1. The number of rotatable bonds is 3. The molecule has 1 aliphatic carbocycles. The maximum atomic E-state index is 12.8. The van der Waals surface area contributed by atoms with Gasteiger partial charge < -0.3 is 4.90 Å². The molecule has 3 unspecified atom stereocenters. The Balaban J connectivity index is 1.83. The minimum atomic E-state index is -4.37. The average molecular weight is 298 g/mol. The number of nitrogens with zero attached hydrogens (tertiary/aromatic N) is 1. The van der Waals surface area contributed by atoms with E-state index in [0.29, 0.717) is 23.9 Å². The van der Waals surface area contributed by atoms with Crippen LogP contribution in [0.25, 0.3) is 0 Å². The number of halogens is 3. The number of carbonyl (C=O) groups excluding carboxylic acids is 1. The molecule has 114 valence electrons. The number of amides is 1. The van der Waals surface area contributed by atoms with Crippen molar-refractivity contribution in [3.05, 3.63) is 35.4 Å². The summed E-state index contributed by atoms with van der Waals surface area (Å²) in [5, 5.41) is 3.01. The minimum Gasteiger partial charge on any atom is -0.322 e. The summed E-state index contributed by atoms with van der Waals surface area (Å²) in [6.07, 6.45) is -3.74. The van der Waals surface area contributed by atoms with E-state index in [1.165, 1.54) is 6.07 Å². The van der Waals surface area contributed by atoms with Crippen LogP contribution < -0.4 is 5.32 Å². The quantitative estimate of drug-likeness (QED) is 0.930. The first-order chi connectivity index (χ1) is 9.86. The van der Waals surface area contributed by atoms with E-state index >= 15 is 0 Å². The first-order valence-electron chi connectivity index (χ1n) is 7.06. The van der Waals surface area contributed by atoms with Gasteiger partial charge in [0.2, 0.25) is 5.91 Å². The molecule has 1 aromatic rings. The Hall–Kier alpha value is -1.56. The van der Waals surface area contributed by atoms with Crippen LogP contribution in [-0.4, -0.2) is 23.9 Å². The van der Waals surface area contributed by atoms with Gasteiger partial charge in [-0.3, -0.25) is 10.1 Å². The van der Waals surface area contributed by atoms with E-state index in [0.717, 1.165) is 18.6 Å². The lowest BCUT2D eigenvalue weighted by molar-refractivity contribution is -0.137. The minimum absolute atomic E-state index is 0.0449. The normalized spacial score (nSPS) is 29.0. The predicted octanol–water partition coefficient (Wildman–Crippen LogP) is 2.79. The van der Waals surface area contributed by atoms with Gasteiger partial charge in [0, 0.05) is 6.54 Å². The zero-order valence-corrected chi connectivity index (χ0v) is 11.7. The molecule has 0 bridgehead atoms. The topological polar surface area (TPSA) is 32.3 Å². The van der Waals surface area contributed by atoms with Gasteiger partial charge in [-0.05, 0) is 36.0 Å². The van der Waals surface area contributed by atoms with Crippen LogP contribution in [0.3, 0.4) is 0 Å². The molecule has 1 heterocycles. The Morgan fingerprint density at radius 3 is 2.71 bits per heavy atom. The summed E-state index contributed by atoms with van der Waals surface area (Å²) in [6.45, 7) is 2.92. The fraction of sp³-hybridized carbons (Fsp3) is 0.533. The van der Waals surface area contributed by atoms with Crippen LogP contribution in [-0.2, 0) is 11.0 Å². The summed E-state index contributed by atoms with van der Waals surface area (Å²) in [7, 11) is 0. The monoisotopic (exact) mass is 298 g/mol. The third kappa shape index (κ3) is 2.90. The maximum absolute atomic E-state index is 12.8. The highest BCUT2D eigenvalue weighted by atomic mass is 19.4. The van der Waals surface area contributed by atoms with E-state index in [2.05, 4.69) is 12.2 Å². The second-order valence-corrected chi connectivity index (χ2v) is 5.93. The first-order valence-corrected chi connectivity index (χ1v) is 7.06. The van der Waals surface area contributed by atoms with Crippen molar-refractivity contribution in [2.24, 2.45) is 11.8 Å². The van der Waals surface area contributed by atoms with Gasteiger partial charge in [0.15, 0.2) is 0 Å². The van der Waals surface area contributed by atoms with Crippen LogP contribution in [0.1, 0.15) is 30.6 Å². The van der Waals surface area contributed by atoms with Crippen LogP contribution in [0.2, 0.25) is 0 Å². The highest BCUT2D eigenvalue weighted by Gasteiger charge is 2.40. The van der Waals surface area contributed by atoms with Gasteiger partial charge in [-0.2, -0.15) is 13.2 Å². The molecule has 0 radical (unpaired) electrons. The fourth-order valence-electron chi connectivity index (χ4n) is 2.84. The van der Waals surface area contributed by atoms with Crippen LogP contribution in [0.15, 0.2) is 24.3 Å². The zero-order valence-electron chi connectivity index (χ0n) is 11.7. The smallest absolute Gasteiger partial charge is 0.322 e. The highest BCUT2D eigenvalue weighted by molar-refractivity contribution is 5.81. The summed E-state index contributed by atoms with van der Waals surface area (Å²) >= 11 is 0. The molecule has 1 N–H and O–H groups in total. The Morgan fingerprint density at radius 1 is 1.38 bits per heavy atom. The van der Waals surface area contributed by atoms with Gasteiger partial charge in [-0.1, -0.05) is 19.1 Å². The molecule has 1 saturated heterocycles. The number of carbonyl (C=O) groups is 1. The zero-order chi connectivity index (χ0) is 15.2. The number of hydrogen-bond acceptors (Lipinski definition) is 2. The molecule has 3 atom stereocenters. The lowest BCUT2D eigenvalue weighted by Crippen LogP contribution is -2.32. The van der Waals surface area contributed by atoms with Crippen LogP contribution in [0, 0.1) is 11.8 Å². The molecule has 1 aliphatic heterocycles. The molecule has 6 heteroatoms. The van der Waals surface area contributed by atoms with Crippen molar-refractivity contribution in [1.82, 2.24) is 10.2 Å². The summed E-state index contributed by atoms with van der Waals surface area (Å²) < 4.78 is 38.4. The summed E-state index contributed by atoms with van der Waals surface area (Å²) in [5.74, 6) is 1.03. The van der Waals surface area contributed by atoms with E-state index in [-0.39, 0.29) is 12.5 Å². The third-order valence-corrected chi connectivity index (χ3v) is 4.32. The Morgan fingerprint density at radius 2 is 2.10 bits per heavy atom. The van der Waals surface area contributed by atoms with E-state index in [1.807, 2.05) is 0 Å². The van der Waals surface area contributed by atoms with Crippen molar-refractivity contribution < 1.29 is 18.0 Å². The van der Waals surface area contributed by atoms with Gasteiger partial charge in [-0.15, -0.1) is 0 Å². The van der Waals surface area contributed by atoms with Crippen LogP contribution >= 0.6 is 0 Å². The Bertz CT molecular complexity index is 558. The molecular formula is C15H17F3N2O. The van der Waals surface area contributed by atoms with Crippen LogP contribution in [0.5, 0.6) is 0 Å². The van der Waals surface area contributed by atoms with Crippen molar-refractivity contribution in [3.8, 4) is 0 Å². The molecule has 0 spiro atoms. The van der Waals surface area contributed by atoms with Crippen molar-refractivity contribution in [3.63, 3.8) is 0 Å². The molecular weight excluding hydrogens is 281 g/mol. The predicted molar refractivity (Wildman–Crippen MR) is 71.2 cm³/mol. The Labute approximate surface area is 121 Å². The summed E-state index contributed by atoms with van der Waals surface area (Å²) in [5.41, 5.74) is -0.190. The lowest BCUT2D eigenvalue weighted by Gasteiger charge is -2.25. The summed E-state index contributed by atoms with van der Waals surface area (Å²) in [6, 6.07) is 5.20. The molecule has 1 amide bonds. The van der Waals surface area contributed by atoms with Gasteiger partial charge >= 0.3 is 6.18 Å². The van der Waals surface area contributed by atoms with Gasteiger partial charge in [0.05, 0.1) is 12.1 Å². The fourth-order valence-corrected chi connectivity index (χ4v) is 2.84. The second-order valence-electron chi connectivity index (χ2n) is 5.93. The van der Waals surface area contributed by atoms with Crippen molar-refractivity contribution in [1.29, 1.82) is 0 Å². The molecule has 21 heavy (non-hydrogen) atoms. The molecule has 2 aliphatic rings. The maximum Gasteiger partial charge on any atom is 0.416 e. The number of alkyl halides is 3. The second kappa shape index (κ2) is 5.02. The molecule has 3 nitrogen and oxygen atoms in total. The van der Waals surface area contributed by atoms with Gasteiger partial charge in [0.25, 0.3) is 0 Å². The molecule has 3 rings (SSSR count). The molecule has 1 aromatic carbocycles. The standard InChI is InChI=1S/C15H17F3N2O/c1-9-5-11(9)8-20-13(21)7-19-14(20)10-3-2-4-12(6-10)15(16,17)18/h2-4,6,9,11,14,19H,5,7-8H2,1H3. The molecule has 0 aromatic heterocycles. The van der Waals surface area contributed by atoms with Crippen LogP contribution in [0.4, 0.5) is 13.2 Å². The number of hydrogen-bond donors (Lipinski definition) is 1. The van der Waals surface area contributed by atoms with Crippen molar-refractivity contribution in [2.75, 3.05) is 13.1 Å². The number of nitrogens with one attached hydrogen (secondary N) is 1. The van der Waals surface area contributed by atoms with E-state index < -0.39 is 17.9 Å². The Kier molecular flexibility index (Phi) is 3.43. The van der Waals surface area contributed by atoms with Crippen molar-refractivity contribution >= 4 is 5.91 Å². The van der Waals surface area contributed by atoms with E-state index in [9.17, 15) is 18.0 Å². The first kappa shape index (κ1) is 14.4. The van der Waals surface area contributed by atoms with Gasteiger partial charge in [-0.25, -0.2) is 0 Å². The average Bonchev–Trinajstić information content (AvgIpc) is 2.99. The molecule has 2 fully saturated rings. The summed E-state index contributed by atoms with van der Waals surface area (Å²) in [4.78, 5) is 13.6. The van der Waals surface area contributed by atoms with E-state index in [4.69, 9.17) is 0 Å². The molecule has 1 saturated carbocycles. The largest absolute Gasteiger partial charge is 0.416 e. The van der Waals surface area contributed by atoms with E-state index in [1.54, 1.807) is 11.0 Å². The van der Waals surface area contributed by atoms with Crippen molar-refractivity contribution in [2.45, 2.75) is 25.7 Å². The number of benzene rings is 1. The highest BCUT2D eigenvalue weighted by Crippen LogP contribution is 2.40.